The summed E-state index contributed by atoms with van der Waals surface area (Å²) in [6, 6.07) is 7.73. The summed E-state index contributed by atoms with van der Waals surface area (Å²) in [6.07, 6.45) is 1.34. The topological polar surface area (TPSA) is 115 Å². The molecule has 2 aromatic rings. The van der Waals surface area contributed by atoms with Crippen molar-refractivity contribution < 1.29 is 17.3 Å². The summed E-state index contributed by atoms with van der Waals surface area (Å²) < 4.78 is 45.2. The molecule has 154 valence electrons. The van der Waals surface area contributed by atoms with E-state index in [1.54, 1.807) is 19.2 Å². The fraction of sp³-hybridized carbons (Fsp3) is 0.389. The molecular formula is C18H21FN6O3S. The van der Waals surface area contributed by atoms with Gasteiger partial charge in [-0.3, -0.25) is 4.99 Å². The van der Waals surface area contributed by atoms with Gasteiger partial charge in [0.15, 0.2) is 5.96 Å². The minimum Gasteiger partial charge on any atom is -0.364 e. The van der Waals surface area contributed by atoms with E-state index in [0.29, 0.717) is 43.4 Å². The molecule has 0 atom stereocenters. The molecular weight excluding hydrogens is 399 g/mol. The third kappa shape index (κ3) is 5.10. The lowest BCUT2D eigenvalue weighted by Gasteiger charge is -2.35. The third-order valence-corrected chi connectivity index (χ3v) is 6.40. The van der Waals surface area contributed by atoms with Crippen LogP contribution >= 0.6 is 0 Å². The van der Waals surface area contributed by atoms with E-state index in [2.05, 4.69) is 20.0 Å². The Hall–Kier alpha value is -2.97. The molecule has 0 bridgehead atoms. The van der Waals surface area contributed by atoms with Crippen molar-refractivity contribution in [2.45, 2.75) is 12.3 Å². The van der Waals surface area contributed by atoms with Crippen LogP contribution in [0.1, 0.15) is 16.8 Å². The molecule has 1 aromatic heterocycles. The van der Waals surface area contributed by atoms with E-state index in [9.17, 15) is 12.8 Å². The zero-order valence-corrected chi connectivity index (χ0v) is 16.7. The minimum atomic E-state index is -3.48. The number of halogens is 1. The highest BCUT2D eigenvalue weighted by molar-refractivity contribution is 7.88. The zero-order valence-electron chi connectivity index (χ0n) is 15.9. The Bertz CT molecular complexity index is 1010. The highest BCUT2D eigenvalue weighted by Crippen LogP contribution is 2.14. The average Bonchev–Trinajstić information content (AvgIpc) is 3.22. The van der Waals surface area contributed by atoms with E-state index in [1.165, 1.54) is 22.7 Å². The summed E-state index contributed by atoms with van der Waals surface area (Å²) in [5.41, 5.74) is 1.05. The van der Waals surface area contributed by atoms with Crippen molar-refractivity contribution in [2.75, 3.05) is 33.2 Å². The molecule has 0 saturated carbocycles. The Kier molecular flexibility index (Phi) is 6.46. The number of hydrogen-bond acceptors (Lipinski definition) is 6. The molecule has 1 aliphatic rings. The number of aromatic nitrogens is 1. The predicted octanol–water partition coefficient (Wildman–Crippen LogP) is 0.908. The summed E-state index contributed by atoms with van der Waals surface area (Å²) in [5, 5.41) is 15.6. The summed E-state index contributed by atoms with van der Waals surface area (Å²) in [6.45, 7) is 1.73. The van der Waals surface area contributed by atoms with Crippen LogP contribution in [0.3, 0.4) is 0 Å². The number of benzene rings is 1. The van der Waals surface area contributed by atoms with Gasteiger partial charge in [0.1, 0.15) is 17.8 Å². The van der Waals surface area contributed by atoms with Crippen LogP contribution in [-0.4, -0.2) is 62.0 Å². The summed E-state index contributed by atoms with van der Waals surface area (Å²) in [7, 11) is -1.87. The van der Waals surface area contributed by atoms with Crippen molar-refractivity contribution in [1.29, 1.82) is 5.26 Å². The van der Waals surface area contributed by atoms with Gasteiger partial charge >= 0.3 is 0 Å². The molecule has 29 heavy (non-hydrogen) atoms. The van der Waals surface area contributed by atoms with Gasteiger partial charge in [-0.05, 0) is 12.1 Å². The van der Waals surface area contributed by atoms with Crippen LogP contribution in [0.2, 0.25) is 0 Å². The molecule has 1 aliphatic heterocycles. The molecule has 0 spiro atoms. The normalized spacial score (nSPS) is 15.9. The number of guanidine groups is 1. The van der Waals surface area contributed by atoms with Gasteiger partial charge < -0.3 is 14.7 Å². The first kappa shape index (κ1) is 20.8. The number of rotatable bonds is 5. The molecule has 0 aliphatic carbocycles. The van der Waals surface area contributed by atoms with Gasteiger partial charge in [-0.2, -0.15) is 9.57 Å². The van der Waals surface area contributed by atoms with Gasteiger partial charge in [0.05, 0.1) is 17.3 Å². The Morgan fingerprint density at radius 1 is 1.34 bits per heavy atom. The molecule has 2 heterocycles. The number of aliphatic imine (C=N–C) groups is 1. The zero-order chi connectivity index (χ0) is 20.9. The highest BCUT2D eigenvalue weighted by atomic mass is 32.2. The van der Waals surface area contributed by atoms with E-state index >= 15 is 0 Å². The lowest BCUT2D eigenvalue weighted by molar-refractivity contribution is 0.259. The maximum absolute atomic E-state index is 14.0. The molecule has 1 aromatic carbocycles. The summed E-state index contributed by atoms with van der Waals surface area (Å²) >= 11 is 0. The quantitative estimate of drug-likeness (QED) is 0.565. The number of nitriles is 1. The van der Waals surface area contributed by atoms with Crippen molar-refractivity contribution in [3.63, 3.8) is 0 Å². The van der Waals surface area contributed by atoms with E-state index < -0.39 is 15.8 Å². The van der Waals surface area contributed by atoms with Gasteiger partial charge in [-0.25, -0.2) is 12.8 Å². The lowest BCUT2D eigenvalue weighted by atomic mass is 10.1. The van der Waals surface area contributed by atoms with Gasteiger partial charge in [-0.15, -0.1) is 0 Å². The van der Waals surface area contributed by atoms with Gasteiger partial charge in [0, 0.05) is 51.4 Å². The van der Waals surface area contributed by atoms with Gasteiger partial charge in [0.25, 0.3) is 0 Å². The third-order valence-electron chi connectivity index (χ3n) is 4.58. The van der Waals surface area contributed by atoms with Crippen molar-refractivity contribution >= 4 is 16.0 Å². The average molecular weight is 420 g/mol. The van der Waals surface area contributed by atoms with E-state index in [4.69, 9.17) is 5.26 Å². The maximum atomic E-state index is 14.0. The van der Waals surface area contributed by atoms with Crippen LogP contribution in [0.4, 0.5) is 4.39 Å². The van der Waals surface area contributed by atoms with Crippen LogP contribution in [0.25, 0.3) is 0 Å². The fourth-order valence-corrected chi connectivity index (χ4v) is 4.46. The Labute approximate surface area is 168 Å². The van der Waals surface area contributed by atoms with Crippen molar-refractivity contribution in [1.82, 2.24) is 19.7 Å². The monoisotopic (exact) mass is 420 g/mol. The Balaban J connectivity index is 1.55. The van der Waals surface area contributed by atoms with Gasteiger partial charge in [-0.1, -0.05) is 11.2 Å². The fourth-order valence-electron chi connectivity index (χ4n) is 3.04. The lowest BCUT2D eigenvalue weighted by Crippen LogP contribution is -2.53. The molecule has 0 amide bonds. The first-order valence-electron chi connectivity index (χ1n) is 8.94. The van der Waals surface area contributed by atoms with Crippen molar-refractivity contribution in [3.05, 3.63) is 53.2 Å². The molecule has 1 fully saturated rings. The standard InChI is InChI=1S/C18H21FN6O3S/c1-21-18(22-12-15-3-2-14(11-20)10-17(15)19)24-5-7-25(8-6-24)29(26,27)13-16-4-9-28-23-16/h2-4,9-10H,5-8,12-13H2,1H3,(H,21,22). The number of hydrogen-bond donors (Lipinski definition) is 1. The number of nitrogens with one attached hydrogen (secondary N) is 1. The second kappa shape index (κ2) is 9.02. The second-order valence-corrected chi connectivity index (χ2v) is 8.42. The molecule has 3 rings (SSSR count). The minimum absolute atomic E-state index is 0.200. The summed E-state index contributed by atoms with van der Waals surface area (Å²) in [4.78, 5) is 6.12. The Morgan fingerprint density at radius 3 is 2.69 bits per heavy atom. The first-order chi connectivity index (χ1) is 13.9. The smallest absolute Gasteiger partial charge is 0.220 e. The van der Waals surface area contributed by atoms with Crippen LogP contribution in [0.5, 0.6) is 0 Å². The molecule has 0 unspecified atom stereocenters. The van der Waals surface area contributed by atoms with Crippen LogP contribution < -0.4 is 5.32 Å². The number of piperazine rings is 1. The molecule has 0 radical (unpaired) electrons. The molecule has 11 heteroatoms. The Morgan fingerprint density at radius 2 is 2.10 bits per heavy atom. The molecule has 1 N–H and O–H groups in total. The molecule has 1 saturated heterocycles. The number of nitrogens with zero attached hydrogens (tertiary/aromatic N) is 5. The van der Waals surface area contributed by atoms with E-state index in [1.807, 2.05) is 11.0 Å². The van der Waals surface area contributed by atoms with E-state index in [-0.39, 0.29) is 17.9 Å². The molecule has 9 nitrogen and oxygen atoms in total. The second-order valence-electron chi connectivity index (χ2n) is 6.45. The largest absolute Gasteiger partial charge is 0.364 e. The van der Waals surface area contributed by atoms with Crippen LogP contribution in [-0.2, 0) is 22.3 Å². The van der Waals surface area contributed by atoms with E-state index in [0.717, 1.165) is 0 Å². The SMILES string of the molecule is CN=C(NCc1ccc(C#N)cc1F)N1CCN(S(=O)(=O)Cc2ccon2)CC1. The van der Waals surface area contributed by atoms with Crippen molar-refractivity contribution in [2.24, 2.45) is 4.99 Å². The predicted molar refractivity (Wildman–Crippen MR) is 104 cm³/mol. The van der Waals surface area contributed by atoms with Gasteiger partial charge in [0.2, 0.25) is 10.0 Å². The first-order valence-corrected chi connectivity index (χ1v) is 10.5. The van der Waals surface area contributed by atoms with Crippen molar-refractivity contribution in [3.8, 4) is 6.07 Å². The highest BCUT2D eigenvalue weighted by Gasteiger charge is 2.29. The van der Waals surface area contributed by atoms with Crippen LogP contribution in [0, 0.1) is 17.1 Å². The summed E-state index contributed by atoms with van der Waals surface area (Å²) in [5.74, 6) is -0.105. The maximum Gasteiger partial charge on any atom is 0.220 e. The number of sulfonamides is 1. The van der Waals surface area contributed by atoms with Crippen LogP contribution in [0.15, 0.2) is 40.0 Å².